The molecule has 0 bridgehead atoms. The molecular formula is C19H14N4O3S2. The van der Waals surface area contributed by atoms with Gasteiger partial charge in [0, 0.05) is 11.6 Å². The minimum Gasteiger partial charge on any atom is -0.497 e. The molecule has 7 nitrogen and oxygen atoms in total. The number of nitrogens with one attached hydrogen (secondary N) is 1. The molecule has 0 radical (unpaired) electrons. The van der Waals surface area contributed by atoms with Gasteiger partial charge in [0.15, 0.2) is 9.78 Å². The number of hydrogen-bond acceptors (Lipinski definition) is 7. The van der Waals surface area contributed by atoms with Crippen molar-refractivity contribution < 1.29 is 14.6 Å². The Bertz CT molecular complexity index is 1240. The molecule has 2 aromatic carbocycles. The molecule has 0 saturated heterocycles. The average Bonchev–Trinajstić information content (AvgIpc) is 3.23. The zero-order chi connectivity index (χ0) is 19.7. The van der Waals surface area contributed by atoms with Crippen LogP contribution in [0.2, 0.25) is 0 Å². The number of carbonyl (C=O) groups excluding carboxylic acids is 1. The summed E-state index contributed by atoms with van der Waals surface area (Å²) < 4.78 is 6.54. The maximum atomic E-state index is 12.4. The van der Waals surface area contributed by atoms with E-state index in [-0.39, 0.29) is 5.88 Å². The van der Waals surface area contributed by atoms with Gasteiger partial charge in [0.2, 0.25) is 5.88 Å². The van der Waals surface area contributed by atoms with Gasteiger partial charge in [0.1, 0.15) is 5.75 Å². The molecule has 0 atom stereocenters. The molecular weight excluding hydrogens is 396 g/mol. The van der Waals surface area contributed by atoms with Gasteiger partial charge in [-0.2, -0.15) is 4.68 Å². The molecule has 0 fully saturated rings. The number of carbonyl (C=O) groups is 1. The van der Waals surface area contributed by atoms with Crippen LogP contribution in [0.5, 0.6) is 11.6 Å². The number of amides is 1. The molecule has 4 rings (SSSR count). The van der Waals surface area contributed by atoms with E-state index in [1.807, 2.05) is 24.3 Å². The number of rotatable bonds is 4. The zero-order valence-electron chi connectivity index (χ0n) is 14.6. The van der Waals surface area contributed by atoms with Crippen LogP contribution in [-0.4, -0.2) is 22.8 Å². The lowest BCUT2D eigenvalue weighted by Gasteiger charge is -2.08. The number of methoxy groups -OCH3 is 1. The molecule has 0 spiro atoms. The first-order valence-corrected chi connectivity index (χ1v) is 9.42. The average molecular weight is 410 g/mol. The smallest absolute Gasteiger partial charge is 0.270 e. The largest absolute Gasteiger partial charge is 0.497 e. The molecule has 1 aromatic heterocycles. The number of nitrogens with zero attached hydrogens (tertiary/aromatic N) is 3. The molecule has 1 amide bonds. The maximum absolute atomic E-state index is 12.4. The lowest BCUT2D eigenvalue weighted by atomic mass is 10.2. The second kappa shape index (κ2) is 7.37. The normalized spacial score (nSPS) is 12.0. The van der Waals surface area contributed by atoms with E-state index in [9.17, 15) is 9.90 Å². The SMILES string of the molecule is COc1ccc(C(=O)Nn2c(O)c(C=C3N=c4ccccc4=N3)sc2=S)cc1. The standard InChI is InChI=1S/C19H14N4O3S2/c1-26-12-8-6-11(7-9-12)17(24)22-23-18(25)15(28-19(23)27)10-16-20-13-4-2-3-5-14(13)21-16/h2-10,25H,1H3,(H,22,24). The Balaban J connectivity index is 1.61. The molecule has 0 unspecified atom stereocenters. The van der Waals surface area contributed by atoms with Gasteiger partial charge in [-0.3, -0.25) is 10.2 Å². The van der Waals surface area contributed by atoms with Crippen LogP contribution in [0.3, 0.4) is 0 Å². The van der Waals surface area contributed by atoms with E-state index in [1.54, 1.807) is 37.5 Å². The lowest BCUT2D eigenvalue weighted by Crippen LogP contribution is -2.22. The van der Waals surface area contributed by atoms with Crippen molar-refractivity contribution in [3.8, 4) is 11.6 Å². The highest BCUT2D eigenvalue weighted by Crippen LogP contribution is 2.28. The van der Waals surface area contributed by atoms with Crippen molar-refractivity contribution in [2.75, 3.05) is 12.5 Å². The van der Waals surface area contributed by atoms with Crippen LogP contribution in [0.4, 0.5) is 0 Å². The molecule has 2 heterocycles. The fraction of sp³-hybridized carbons (Fsp3) is 0.0526. The van der Waals surface area contributed by atoms with E-state index < -0.39 is 5.91 Å². The van der Waals surface area contributed by atoms with E-state index in [1.165, 1.54) is 4.68 Å². The fourth-order valence-electron chi connectivity index (χ4n) is 2.59. The summed E-state index contributed by atoms with van der Waals surface area (Å²) in [6.07, 6.45) is 1.63. The second-order valence-electron chi connectivity index (χ2n) is 5.78. The van der Waals surface area contributed by atoms with Gasteiger partial charge in [-0.25, -0.2) is 9.98 Å². The van der Waals surface area contributed by atoms with E-state index in [2.05, 4.69) is 15.4 Å². The monoisotopic (exact) mass is 410 g/mol. The van der Waals surface area contributed by atoms with Crippen LogP contribution < -0.4 is 20.9 Å². The number of benzene rings is 2. The van der Waals surface area contributed by atoms with Crippen molar-refractivity contribution in [1.29, 1.82) is 0 Å². The number of ether oxygens (including phenoxy) is 1. The Labute approximate surface area is 168 Å². The number of aromatic hydroxyl groups is 1. The van der Waals surface area contributed by atoms with Crippen LogP contribution >= 0.6 is 23.6 Å². The maximum Gasteiger partial charge on any atom is 0.270 e. The van der Waals surface area contributed by atoms with Crippen molar-refractivity contribution in [3.05, 3.63) is 79.5 Å². The van der Waals surface area contributed by atoms with Crippen LogP contribution in [-0.2, 0) is 0 Å². The molecule has 28 heavy (non-hydrogen) atoms. The van der Waals surface area contributed by atoms with Crippen LogP contribution in [0.15, 0.2) is 64.3 Å². The van der Waals surface area contributed by atoms with Gasteiger partial charge >= 0.3 is 0 Å². The number of para-hydroxylation sites is 2. The quantitative estimate of drug-likeness (QED) is 0.647. The summed E-state index contributed by atoms with van der Waals surface area (Å²) in [6.45, 7) is 0. The van der Waals surface area contributed by atoms with Crippen LogP contribution in [0.1, 0.15) is 15.2 Å². The summed E-state index contributed by atoms with van der Waals surface area (Å²) in [6, 6.07) is 14.1. The van der Waals surface area contributed by atoms with Crippen LogP contribution in [0, 0.1) is 3.95 Å². The van der Waals surface area contributed by atoms with Crippen molar-refractivity contribution >= 4 is 35.5 Å². The van der Waals surface area contributed by atoms with Gasteiger partial charge < -0.3 is 9.84 Å². The minimum atomic E-state index is -0.409. The molecule has 0 aliphatic carbocycles. The third-order valence-electron chi connectivity index (χ3n) is 3.99. The summed E-state index contributed by atoms with van der Waals surface area (Å²) in [5, 5.41) is 12.0. The van der Waals surface area contributed by atoms with E-state index in [4.69, 9.17) is 17.0 Å². The summed E-state index contributed by atoms with van der Waals surface area (Å²) in [5.74, 6) is 0.520. The lowest BCUT2D eigenvalue weighted by molar-refractivity contribution is 0.101. The van der Waals surface area contributed by atoms with Crippen LogP contribution in [0.25, 0.3) is 6.08 Å². The Morgan fingerprint density at radius 2 is 1.82 bits per heavy atom. The predicted molar refractivity (Wildman–Crippen MR) is 108 cm³/mol. The first-order chi connectivity index (χ1) is 13.5. The molecule has 1 aliphatic heterocycles. The Morgan fingerprint density at radius 1 is 1.18 bits per heavy atom. The third kappa shape index (κ3) is 3.45. The van der Waals surface area contributed by atoms with E-state index in [0.29, 0.717) is 26.0 Å². The predicted octanol–water partition coefficient (Wildman–Crippen LogP) is 2.63. The highest BCUT2D eigenvalue weighted by atomic mass is 32.1. The number of fused-ring (bicyclic) bond motifs is 1. The first-order valence-electron chi connectivity index (χ1n) is 8.19. The zero-order valence-corrected chi connectivity index (χ0v) is 16.3. The van der Waals surface area contributed by atoms with Gasteiger partial charge in [-0.15, -0.1) is 0 Å². The van der Waals surface area contributed by atoms with Crippen molar-refractivity contribution in [3.63, 3.8) is 0 Å². The molecule has 2 N–H and O–H groups in total. The molecule has 0 saturated carbocycles. The molecule has 3 aromatic rings. The van der Waals surface area contributed by atoms with Gasteiger partial charge in [-0.1, -0.05) is 23.5 Å². The summed E-state index contributed by atoms with van der Waals surface area (Å²) in [4.78, 5) is 21.7. The van der Waals surface area contributed by atoms with Crippen molar-refractivity contribution in [2.24, 2.45) is 9.98 Å². The van der Waals surface area contributed by atoms with E-state index >= 15 is 0 Å². The number of hydrogen-bond donors (Lipinski definition) is 2. The Kier molecular flexibility index (Phi) is 4.76. The highest BCUT2D eigenvalue weighted by molar-refractivity contribution is 7.73. The van der Waals surface area contributed by atoms with Crippen molar-refractivity contribution in [1.82, 2.24) is 4.68 Å². The third-order valence-corrected chi connectivity index (χ3v) is 5.30. The molecule has 140 valence electrons. The van der Waals surface area contributed by atoms with Crippen molar-refractivity contribution in [2.45, 2.75) is 0 Å². The van der Waals surface area contributed by atoms with Gasteiger partial charge in [0.25, 0.3) is 5.91 Å². The molecule has 9 heteroatoms. The topological polar surface area (TPSA) is 88.2 Å². The fourth-order valence-corrected chi connectivity index (χ4v) is 3.75. The Hall–Kier alpha value is -3.30. The first kappa shape index (κ1) is 18.1. The second-order valence-corrected chi connectivity index (χ2v) is 7.45. The van der Waals surface area contributed by atoms with Gasteiger partial charge in [-0.05, 0) is 48.6 Å². The van der Waals surface area contributed by atoms with Gasteiger partial charge in [0.05, 0.1) is 22.7 Å². The minimum absolute atomic E-state index is 0.175. The highest BCUT2D eigenvalue weighted by Gasteiger charge is 2.15. The molecule has 1 aliphatic rings. The summed E-state index contributed by atoms with van der Waals surface area (Å²) in [7, 11) is 1.55. The summed E-state index contributed by atoms with van der Waals surface area (Å²) in [5.41, 5.74) is 3.00. The van der Waals surface area contributed by atoms with E-state index in [0.717, 1.165) is 22.1 Å². The number of thiazole rings is 1. The number of aromatic nitrogens is 1. The summed E-state index contributed by atoms with van der Waals surface area (Å²) >= 11 is 6.42. The Morgan fingerprint density at radius 3 is 2.43 bits per heavy atom.